The molecule has 3 aromatic rings. The number of thiophene rings is 1. The summed E-state index contributed by atoms with van der Waals surface area (Å²) in [7, 11) is 0. The lowest BCUT2D eigenvalue weighted by Gasteiger charge is -2.44. The first-order chi connectivity index (χ1) is 11.4. The van der Waals surface area contributed by atoms with Gasteiger partial charge in [-0.3, -0.25) is 9.38 Å². The molecule has 23 heavy (non-hydrogen) atoms. The van der Waals surface area contributed by atoms with Crippen molar-refractivity contribution >= 4 is 22.8 Å². The summed E-state index contributed by atoms with van der Waals surface area (Å²) in [6.45, 7) is 2.81. The zero-order valence-electron chi connectivity index (χ0n) is 12.8. The Kier molecular flexibility index (Phi) is 2.96. The minimum Gasteiger partial charge on any atom is -0.369 e. The molecule has 6 heteroatoms. The second kappa shape index (κ2) is 5.04. The predicted molar refractivity (Wildman–Crippen MR) is 90.1 cm³/mol. The van der Waals surface area contributed by atoms with E-state index in [0.717, 1.165) is 50.4 Å². The molecule has 0 unspecified atom stereocenters. The fraction of sp³-hybridized carbons (Fsp3) is 0.412. The number of ether oxygens (including phenoxy) is 1. The molecule has 0 aromatic carbocycles. The molecular weight excluding hydrogens is 308 g/mol. The van der Waals surface area contributed by atoms with E-state index >= 15 is 0 Å². The first-order valence-electron chi connectivity index (χ1n) is 8.09. The quantitative estimate of drug-likeness (QED) is 0.690. The topological polar surface area (TPSA) is 42.7 Å². The Balaban J connectivity index is 1.45. The molecule has 0 N–H and O–H groups in total. The summed E-state index contributed by atoms with van der Waals surface area (Å²) >= 11 is 1.86. The van der Waals surface area contributed by atoms with Crippen molar-refractivity contribution in [2.45, 2.75) is 24.9 Å². The standard InChI is InChI=1S/C17H18N4OS/c1-9-22-17(16-13(1)2-10-23-16)3-6-20(7-4-17)15-12-18-11-14-19-5-8-21(14)15/h2,5,8,10-12H,1,3-4,6-7,9H2. The van der Waals surface area contributed by atoms with Crippen LogP contribution in [0.3, 0.4) is 0 Å². The lowest BCUT2D eigenvalue weighted by atomic mass is 9.85. The molecule has 2 aliphatic heterocycles. The lowest BCUT2D eigenvalue weighted by Crippen LogP contribution is -2.46. The van der Waals surface area contributed by atoms with Crippen molar-refractivity contribution in [3.63, 3.8) is 0 Å². The summed E-state index contributed by atoms with van der Waals surface area (Å²) in [5, 5.41) is 2.21. The molecule has 0 atom stereocenters. The van der Waals surface area contributed by atoms with Gasteiger partial charge < -0.3 is 9.64 Å². The van der Waals surface area contributed by atoms with E-state index in [1.165, 1.54) is 10.4 Å². The zero-order chi connectivity index (χ0) is 15.3. The average molecular weight is 326 g/mol. The van der Waals surface area contributed by atoms with Gasteiger partial charge in [0.1, 0.15) is 11.4 Å². The molecule has 5 rings (SSSR count). The summed E-state index contributed by atoms with van der Waals surface area (Å²) in [6, 6.07) is 2.27. The molecule has 118 valence electrons. The van der Waals surface area contributed by atoms with Crippen molar-refractivity contribution in [1.29, 1.82) is 0 Å². The Morgan fingerprint density at radius 1 is 1.22 bits per heavy atom. The Morgan fingerprint density at radius 2 is 2.13 bits per heavy atom. The molecular formula is C17H18N4OS. The molecule has 1 saturated heterocycles. The van der Waals surface area contributed by atoms with Crippen LogP contribution in [-0.2, 0) is 16.8 Å². The van der Waals surface area contributed by atoms with Crippen molar-refractivity contribution in [2.24, 2.45) is 0 Å². The molecule has 1 spiro atoms. The average Bonchev–Trinajstić information content (AvgIpc) is 3.25. The lowest BCUT2D eigenvalue weighted by molar-refractivity contribution is -0.0735. The Morgan fingerprint density at radius 3 is 3.04 bits per heavy atom. The molecule has 5 heterocycles. The van der Waals surface area contributed by atoms with Gasteiger partial charge >= 0.3 is 0 Å². The van der Waals surface area contributed by atoms with E-state index < -0.39 is 0 Å². The molecule has 1 fully saturated rings. The molecule has 0 bridgehead atoms. The number of piperidine rings is 1. The van der Waals surface area contributed by atoms with E-state index in [9.17, 15) is 0 Å². The normalized spacial score (nSPS) is 20.1. The van der Waals surface area contributed by atoms with Crippen LogP contribution in [0, 0.1) is 0 Å². The maximum atomic E-state index is 6.30. The van der Waals surface area contributed by atoms with E-state index in [1.807, 2.05) is 29.9 Å². The van der Waals surface area contributed by atoms with Crippen LogP contribution in [0.1, 0.15) is 23.3 Å². The van der Waals surface area contributed by atoms with Gasteiger partial charge in [0.2, 0.25) is 0 Å². The van der Waals surface area contributed by atoms with E-state index in [4.69, 9.17) is 4.74 Å². The van der Waals surface area contributed by atoms with Gasteiger partial charge in [-0.15, -0.1) is 11.3 Å². The van der Waals surface area contributed by atoms with Gasteiger partial charge in [0.15, 0.2) is 5.65 Å². The summed E-state index contributed by atoms with van der Waals surface area (Å²) in [4.78, 5) is 12.5. The van der Waals surface area contributed by atoms with Crippen LogP contribution < -0.4 is 4.90 Å². The summed E-state index contributed by atoms with van der Waals surface area (Å²) in [5.74, 6) is 1.12. The van der Waals surface area contributed by atoms with E-state index in [2.05, 4.69) is 30.7 Å². The highest BCUT2D eigenvalue weighted by Crippen LogP contribution is 2.44. The van der Waals surface area contributed by atoms with Crippen LogP contribution in [0.15, 0.2) is 36.2 Å². The zero-order valence-corrected chi connectivity index (χ0v) is 13.6. The van der Waals surface area contributed by atoms with Crippen molar-refractivity contribution < 1.29 is 4.74 Å². The van der Waals surface area contributed by atoms with Gasteiger partial charge in [-0.05, 0) is 36.3 Å². The highest BCUT2D eigenvalue weighted by atomic mass is 32.1. The highest BCUT2D eigenvalue weighted by Gasteiger charge is 2.42. The maximum absolute atomic E-state index is 6.30. The first kappa shape index (κ1) is 13.5. The minimum absolute atomic E-state index is 0.0610. The van der Waals surface area contributed by atoms with Crippen LogP contribution in [0.4, 0.5) is 5.82 Å². The number of imidazole rings is 1. The highest BCUT2D eigenvalue weighted by molar-refractivity contribution is 7.10. The van der Waals surface area contributed by atoms with Gasteiger partial charge in [0.05, 0.1) is 19.0 Å². The largest absolute Gasteiger partial charge is 0.369 e. The molecule has 0 radical (unpaired) electrons. The van der Waals surface area contributed by atoms with Gasteiger partial charge in [0.25, 0.3) is 0 Å². The van der Waals surface area contributed by atoms with Crippen LogP contribution in [0.25, 0.3) is 5.65 Å². The van der Waals surface area contributed by atoms with Crippen molar-refractivity contribution in [1.82, 2.24) is 14.4 Å². The third-order valence-electron chi connectivity index (χ3n) is 5.10. The SMILES string of the molecule is c1cn2c(N3CCC4(CC3)OCCc3ccsc34)cncc2n1. The summed E-state index contributed by atoms with van der Waals surface area (Å²) in [5.41, 5.74) is 2.33. The van der Waals surface area contributed by atoms with Crippen LogP contribution in [-0.4, -0.2) is 34.1 Å². The third-order valence-corrected chi connectivity index (χ3v) is 6.24. The number of hydrogen-bond acceptors (Lipinski definition) is 5. The Hall–Kier alpha value is -1.92. The maximum Gasteiger partial charge on any atom is 0.156 e. The fourth-order valence-corrected chi connectivity index (χ4v) is 5.06. The third kappa shape index (κ3) is 2.01. The molecule has 0 aliphatic carbocycles. The number of nitrogens with zero attached hydrogens (tertiary/aromatic N) is 4. The first-order valence-corrected chi connectivity index (χ1v) is 8.97. The molecule has 5 nitrogen and oxygen atoms in total. The molecule has 2 aliphatic rings. The van der Waals surface area contributed by atoms with Crippen molar-refractivity contribution in [3.8, 4) is 0 Å². The van der Waals surface area contributed by atoms with Crippen LogP contribution in [0.5, 0.6) is 0 Å². The van der Waals surface area contributed by atoms with Crippen molar-refractivity contribution in [3.05, 3.63) is 46.7 Å². The minimum atomic E-state index is -0.0610. The smallest absolute Gasteiger partial charge is 0.156 e. The van der Waals surface area contributed by atoms with Crippen LogP contribution >= 0.6 is 11.3 Å². The van der Waals surface area contributed by atoms with Gasteiger partial charge in [-0.2, -0.15) is 0 Å². The number of aromatic nitrogens is 3. The second-order valence-electron chi connectivity index (χ2n) is 6.28. The van der Waals surface area contributed by atoms with E-state index in [1.54, 1.807) is 6.20 Å². The monoisotopic (exact) mass is 326 g/mol. The van der Waals surface area contributed by atoms with Gasteiger partial charge in [-0.25, -0.2) is 4.98 Å². The number of hydrogen-bond donors (Lipinski definition) is 0. The molecule has 0 saturated carbocycles. The number of rotatable bonds is 1. The fourth-order valence-electron chi connectivity index (χ4n) is 3.89. The molecule has 3 aromatic heterocycles. The second-order valence-corrected chi connectivity index (χ2v) is 7.19. The molecule has 0 amide bonds. The van der Waals surface area contributed by atoms with Gasteiger partial charge in [0, 0.05) is 30.4 Å². The Bertz CT molecular complexity index is 847. The van der Waals surface area contributed by atoms with Crippen LogP contribution in [0.2, 0.25) is 0 Å². The Labute approximate surface area is 138 Å². The van der Waals surface area contributed by atoms with E-state index in [-0.39, 0.29) is 5.60 Å². The van der Waals surface area contributed by atoms with E-state index in [0.29, 0.717) is 0 Å². The summed E-state index contributed by atoms with van der Waals surface area (Å²) in [6.07, 6.45) is 10.7. The van der Waals surface area contributed by atoms with Gasteiger partial charge in [-0.1, -0.05) is 0 Å². The predicted octanol–water partition coefficient (Wildman–Crippen LogP) is 2.86. The summed E-state index contributed by atoms with van der Waals surface area (Å²) < 4.78 is 8.41. The van der Waals surface area contributed by atoms with Crippen molar-refractivity contribution in [2.75, 3.05) is 24.6 Å². The number of fused-ring (bicyclic) bond motifs is 3. The number of anilines is 1.